The zero-order valence-electron chi connectivity index (χ0n) is 10.5. The highest BCUT2D eigenvalue weighted by atomic mass is 35.5. The van der Waals surface area contributed by atoms with E-state index in [-0.39, 0.29) is 0 Å². The van der Waals surface area contributed by atoms with Gasteiger partial charge in [0.05, 0.1) is 0 Å². The number of nitrogens with zero attached hydrogens (tertiary/aromatic N) is 1. The van der Waals surface area contributed by atoms with Crippen LogP contribution >= 0.6 is 23.2 Å². The van der Waals surface area contributed by atoms with Crippen LogP contribution in [0.25, 0.3) is 0 Å². The van der Waals surface area contributed by atoms with Gasteiger partial charge in [0, 0.05) is 38.0 Å². The monoisotopic (exact) mass is 301 g/mol. The lowest BCUT2D eigenvalue weighted by atomic mass is 10.1. The number of halogens is 2. The lowest BCUT2D eigenvalue weighted by molar-refractivity contribution is -0.164. The SMILES string of the molecule is CCOC1OC(CN(CCCl)CCCl)C(O)C1O. The maximum atomic E-state index is 9.89. The van der Waals surface area contributed by atoms with Crippen molar-refractivity contribution < 1.29 is 19.7 Å². The van der Waals surface area contributed by atoms with Gasteiger partial charge in [-0.2, -0.15) is 0 Å². The zero-order chi connectivity index (χ0) is 13.5. The van der Waals surface area contributed by atoms with E-state index in [1.54, 1.807) is 0 Å². The highest BCUT2D eigenvalue weighted by molar-refractivity contribution is 6.18. The normalized spacial score (nSPS) is 32.3. The smallest absolute Gasteiger partial charge is 0.186 e. The summed E-state index contributed by atoms with van der Waals surface area (Å²) in [7, 11) is 0. The van der Waals surface area contributed by atoms with Crippen LogP contribution in [0, 0.1) is 0 Å². The minimum absolute atomic E-state index is 0.425. The Morgan fingerprint density at radius 3 is 2.28 bits per heavy atom. The van der Waals surface area contributed by atoms with Crippen LogP contribution in [0.15, 0.2) is 0 Å². The molecule has 0 amide bonds. The molecule has 108 valence electrons. The van der Waals surface area contributed by atoms with E-state index in [1.807, 2.05) is 11.8 Å². The Morgan fingerprint density at radius 1 is 1.17 bits per heavy atom. The van der Waals surface area contributed by atoms with Crippen molar-refractivity contribution in [3.63, 3.8) is 0 Å². The standard InChI is InChI=1S/C11H21Cl2NO4/c1-2-17-11-10(16)9(15)8(18-11)7-14(5-3-12)6-4-13/h8-11,15-16H,2-7H2,1H3. The largest absolute Gasteiger partial charge is 0.387 e. The Morgan fingerprint density at radius 2 is 1.78 bits per heavy atom. The van der Waals surface area contributed by atoms with Gasteiger partial charge < -0.3 is 19.7 Å². The lowest BCUT2D eigenvalue weighted by Crippen LogP contribution is -2.41. The van der Waals surface area contributed by atoms with Crippen LogP contribution in [0.2, 0.25) is 0 Å². The third kappa shape index (κ3) is 4.49. The maximum Gasteiger partial charge on any atom is 0.186 e. The fraction of sp³-hybridized carbons (Fsp3) is 1.00. The first kappa shape index (κ1) is 16.4. The van der Waals surface area contributed by atoms with E-state index in [0.29, 0.717) is 38.0 Å². The molecular formula is C11H21Cl2NO4. The van der Waals surface area contributed by atoms with Crippen molar-refractivity contribution in [3.8, 4) is 0 Å². The molecule has 1 aliphatic rings. The first-order valence-electron chi connectivity index (χ1n) is 6.11. The fourth-order valence-electron chi connectivity index (χ4n) is 1.96. The summed E-state index contributed by atoms with van der Waals surface area (Å²) in [6, 6.07) is 0. The topological polar surface area (TPSA) is 62.2 Å². The molecule has 0 aliphatic carbocycles. The summed E-state index contributed by atoms with van der Waals surface area (Å²) in [6.07, 6.45) is -3.20. The number of hydrogen-bond acceptors (Lipinski definition) is 5. The molecule has 0 spiro atoms. The van der Waals surface area contributed by atoms with E-state index in [1.165, 1.54) is 0 Å². The number of hydrogen-bond donors (Lipinski definition) is 2. The number of alkyl halides is 2. The average molecular weight is 302 g/mol. The van der Waals surface area contributed by atoms with Gasteiger partial charge >= 0.3 is 0 Å². The van der Waals surface area contributed by atoms with Crippen LogP contribution in [0.4, 0.5) is 0 Å². The quantitative estimate of drug-likeness (QED) is 0.629. The summed E-state index contributed by atoms with van der Waals surface area (Å²) in [5.74, 6) is 0.967. The number of aliphatic hydroxyl groups excluding tert-OH is 2. The van der Waals surface area contributed by atoms with Crippen LogP contribution in [0.1, 0.15) is 6.92 Å². The summed E-state index contributed by atoms with van der Waals surface area (Å²) in [6.45, 7) is 4.03. The minimum atomic E-state index is -1.01. The van der Waals surface area contributed by atoms with E-state index in [0.717, 1.165) is 0 Å². The first-order valence-corrected chi connectivity index (χ1v) is 7.18. The fourth-order valence-corrected chi connectivity index (χ4v) is 2.43. The van der Waals surface area contributed by atoms with Gasteiger partial charge in [0.1, 0.15) is 18.3 Å². The Kier molecular flexibility index (Phi) is 7.79. The molecule has 4 atom stereocenters. The lowest BCUT2D eigenvalue weighted by Gasteiger charge is -2.25. The van der Waals surface area contributed by atoms with Crippen LogP contribution < -0.4 is 0 Å². The third-order valence-corrected chi connectivity index (χ3v) is 3.23. The summed E-state index contributed by atoms with van der Waals surface area (Å²) in [4.78, 5) is 1.99. The van der Waals surface area contributed by atoms with E-state index < -0.39 is 24.6 Å². The molecule has 0 aromatic heterocycles. The Hall–Kier alpha value is 0.380. The van der Waals surface area contributed by atoms with Crippen LogP contribution in [0.5, 0.6) is 0 Å². The molecular weight excluding hydrogens is 281 g/mol. The molecule has 7 heteroatoms. The second kappa shape index (κ2) is 8.53. The van der Waals surface area contributed by atoms with Crippen LogP contribution in [0.3, 0.4) is 0 Å². The Labute approximate surface area is 118 Å². The van der Waals surface area contributed by atoms with Crippen molar-refractivity contribution in [1.82, 2.24) is 4.90 Å². The second-order valence-corrected chi connectivity index (χ2v) is 4.91. The molecule has 0 radical (unpaired) electrons. The second-order valence-electron chi connectivity index (χ2n) is 4.16. The van der Waals surface area contributed by atoms with Gasteiger partial charge in [-0.1, -0.05) is 0 Å². The highest BCUT2D eigenvalue weighted by Crippen LogP contribution is 2.23. The van der Waals surface area contributed by atoms with Gasteiger partial charge in [-0.25, -0.2) is 0 Å². The van der Waals surface area contributed by atoms with Gasteiger partial charge in [0.15, 0.2) is 6.29 Å². The molecule has 0 saturated carbocycles. The summed E-state index contributed by atoms with van der Waals surface area (Å²) in [5, 5.41) is 19.7. The van der Waals surface area contributed by atoms with Crippen molar-refractivity contribution in [2.75, 3.05) is 38.0 Å². The minimum Gasteiger partial charge on any atom is -0.387 e. The molecule has 5 nitrogen and oxygen atoms in total. The Bertz CT molecular complexity index is 229. The maximum absolute atomic E-state index is 9.89. The molecule has 0 bridgehead atoms. The molecule has 4 unspecified atom stereocenters. The average Bonchev–Trinajstić information content (AvgIpc) is 2.59. The third-order valence-electron chi connectivity index (χ3n) is 2.89. The summed E-state index contributed by atoms with van der Waals surface area (Å²) < 4.78 is 10.7. The van der Waals surface area contributed by atoms with E-state index >= 15 is 0 Å². The van der Waals surface area contributed by atoms with Gasteiger partial charge in [-0.3, -0.25) is 4.90 Å². The Balaban J connectivity index is 2.50. The van der Waals surface area contributed by atoms with Gasteiger partial charge in [-0.05, 0) is 6.92 Å². The molecule has 1 aliphatic heterocycles. The van der Waals surface area contributed by atoms with Crippen molar-refractivity contribution in [2.45, 2.75) is 31.5 Å². The van der Waals surface area contributed by atoms with E-state index in [2.05, 4.69) is 0 Å². The molecule has 1 heterocycles. The van der Waals surface area contributed by atoms with Crippen LogP contribution in [-0.2, 0) is 9.47 Å². The van der Waals surface area contributed by atoms with Gasteiger partial charge in [0.25, 0.3) is 0 Å². The molecule has 18 heavy (non-hydrogen) atoms. The van der Waals surface area contributed by atoms with Crippen molar-refractivity contribution in [1.29, 1.82) is 0 Å². The molecule has 1 rings (SSSR count). The molecule has 0 aromatic rings. The predicted octanol–water partition coefficient (Wildman–Crippen LogP) is 0.249. The number of rotatable bonds is 8. The molecule has 0 aromatic carbocycles. The predicted molar refractivity (Wildman–Crippen MR) is 70.2 cm³/mol. The summed E-state index contributed by atoms with van der Waals surface area (Å²) >= 11 is 11.4. The molecule has 2 N–H and O–H groups in total. The number of ether oxygens (including phenoxy) is 2. The van der Waals surface area contributed by atoms with Gasteiger partial charge in [0.2, 0.25) is 0 Å². The van der Waals surface area contributed by atoms with Crippen LogP contribution in [-0.4, -0.2) is 77.7 Å². The van der Waals surface area contributed by atoms with Crippen molar-refractivity contribution in [3.05, 3.63) is 0 Å². The van der Waals surface area contributed by atoms with Crippen molar-refractivity contribution >= 4 is 23.2 Å². The van der Waals surface area contributed by atoms with Crippen molar-refractivity contribution in [2.24, 2.45) is 0 Å². The highest BCUT2D eigenvalue weighted by Gasteiger charge is 2.43. The van der Waals surface area contributed by atoms with Gasteiger partial charge in [-0.15, -0.1) is 23.2 Å². The van der Waals surface area contributed by atoms with E-state index in [4.69, 9.17) is 32.7 Å². The van der Waals surface area contributed by atoms with E-state index in [9.17, 15) is 10.2 Å². The zero-order valence-corrected chi connectivity index (χ0v) is 12.0. The number of aliphatic hydroxyl groups is 2. The summed E-state index contributed by atoms with van der Waals surface area (Å²) in [5.41, 5.74) is 0. The first-order chi connectivity index (χ1) is 8.63. The molecule has 1 fully saturated rings. The molecule has 1 saturated heterocycles.